The van der Waals surface area contributed by atoms with Crippen LogP contribution in [0, 0.1) is 0 Å². The van der Waals surface area contributed by atoms with Crippen molar-refractivity contribution in [3.05, 3.63) is 59.2 Å². The van der Waals surface area contributed by atoms with E-state index in [4.69, 9.17) is 0 Å². The number of fused-ring (bicyclic) bond motifs is 1. The lowest BCUT2D eigenvalue weighted by Crippen LogP contribution is -2.33. The molecule has 140 valence electrons. The number of rotatable bonds is 6. The van der Waals surface area contributed by atoms with Gasteiger partial charge in [0, 0.05) is 13.1 Å². The zero-order chi connectivity index (χ0) is 18.6. The van der Waals surface area contributed by atoms with Gasteiger partial charge in [0.15, 0.2) is 0 Å². The topological polar surface area (TPSA) is 34.0 Å². The molecule has 0 N–H and O–H groups in total. The molecule has 0 aliphatic carbocycles. The number of aromatic nitrogens is 3. The Morgan fingerprint density at radius 3 is 2.54 bits per heavy atom. The number of benzene rings is 1. The van der Waals surface area contributed by atoms with Crippen molar-refractivity contribution in [3.63, 3.8) is 0 Å². The highest BCUT2D eigenvalue weighted by Gasteiger charge is 2.37. The molecule has 0 amide bonds. The average molecular weight is 364 g/mol. The van der Waals surface area contributed by atoms with E-state index in [2.05, 4.69) is 51.4 Å². The highest BCUT2D eigenvalue weighted by atomic mass is 19.4. The maximum atomic E-state index is 12.7. The minimum absolute atomic E-state index is 0.379. The van der Waals surface area contributed by atoms with E-state index in [1.807, 2.05) is 6.92 Å². The van der Waals surface area contributed by atoms with E-state index in [0.717, 1.165) is 24.8 Å². The third-order valence-electron chi connectivity index (χ3n) is 4.50. The molecule has 3 rings (SSSR count). The van der Waals surface area contributed by atoms with Gasteiger partial charge in [-0.15, -0.1) is 5.10 Å². The summed E-state index contributed by atoms with van der Waals surface area (Å²) in [4.78, 5) is 5.76. The predicted octanol–water partition coefficient (Wildman–Crippen LogP) is 4.21. The van der Waals surface area contributed by atoms with Gasteiger partial charge in [-0.1, -0.05) is 36.4 Å². The Morgan fingerprint density at radius 1 is 1.12 bits per heavy atom. The molecule has 0 saturated carbocycles. The summed E-state index contributed by atoms with van der Waals surface area (Å²) in [6.07, 6.45) is 3.03. The molecular weight excluding hydrogens is 341 g/mol. The highest BCUT2D eigenvalue weighted by molar-refractivity contribution is 5.22. The van der Waals surface area contributed by atoms with Crippen LogP contribution in [0.25, 0.3) is 0 Å². The van der Waals surface area contributed by atoms with Gasteiger partial charge in [-0.3, -0.25) is 4.90 Å². The van der Waals surface area contributed by atoms with Gasteiger partial charge in [-0.2, -0.15) is 13.2 Å². The quantitative estimate of drug-likeness (QED) is 0.569. The van der Waals surface area contributed by atoms with E-state index in [1.165, 1.54) is 10.2 Å². The lowest BCUT2D eigenvalue weighted by Gasteiger charge is -2.26. The van der Waals surface area contributed by atoms with Gasteiger partial charge in [0.1, 0.15) is 5.82 Å². The van der Waals surface area contributed by atoms with Crippen molar-refractivity contribution < 1.29 is 13.2 Å². The summed E-state index contributed by atoms with van der Waals surface area (Å²) in [5, 5.41) is 3.57. The SMILES string of the molecule is CC=CCCCc1ccc(CN2CCn3nc(C(F)(F)F)nc3C2)cc1. The van der Waals surface area contributed by atoms with Crippen LogP contribution in [0.1, 0.15) is 42.5 Å². The summed E-state index contributed by atoms with van der Waals surface area (Å²) in [5.41, 5.74) is 2.47. The minimum atomic E-state index is -4.49. The van der Waals surface area contributed by atoms with Crippen molar-refractivity contribution in [3.8, 4) is 0 Å². The van der Waals surface area contributed by atoms with Crippen molar-refractivity contribution in [2.45, 2.75) is 52.0 Å². The Bertz CT molecular complexity index is 747. The highest BCUT2D eigenvalue weighted by Crippen LogP contribution is 2.27. The summed E-state index contributed by atoms with van der Waals surface area (Å²) in [6.45, 7) is 4.21. The van der Waals surface area contributed by atoms with Crippen molar-refractivity contribution in [1.29, 1.82) is 0 Å². The molecule has 1 aliphatic heterocycles. The Labute approximate surface area is 151 Å². The molecule has 7 heteroatoms. The lowest BCUT2D eigenvalue weighted by atomic mass is 10.1. The zero-order valence-electron chi connectivity index (χ0n) is 14.8. The lowest BCUT2D eigenvalue weighted by molar-refractivity contribution is -0.145. The average Bonchev–Trinajstić information content (AvgIpc) is 3.04. The number of alkyl halides is 3. The van der Waals surface area contributed by atoms with Crippen molar-refractivity contribution >= 4 is 0 Å². The van der Waals surface area contributed by atoms with Gasteiger partial charge >= 0.3 is 6.18 Å². The molecule has 1 aliphatic rings. The summed E-state index contributed by atoms with van der Waals surface area (Å²) < 4.78 is 39.6. The Kier molecular flexibility index (Phi) is 5.76. The van der Waals surface area contributed by atoms with Gasteiger partial charge in [0.2, 0.25) is 0 Å². The first-order valence-electron chi connectivity index (χ1n) is 8.88. The van der Waals surface area contributed by atoms with Crippen molar-refractivity contribution in [2.24, 2.45) is 0 Å². The molecule has 0 saturated heterocycles. The minimum Gasteiger partial charge on any atom is -0.290 e. The second kappa shape index (κ2) is 8.03. The molecule has 2 heterocycles. The smallest absolute Gasteiger partial charge is 0.290 e. The zero-order valence-corrected chi connectivity index (χ0v) is 14.8. The first kappa shape index (κ1) is 18.6. The fraction of sp³-hybridized carbons (Fsp3) is 0.474. The van der Waals surface area contributed by atoms with E-state index in [1.54, 1.807) is 0 Å². The Hall–Kier alpha value is -2.15. The van der Waals surface area contributed by atoms with Crippen LogP contribution in [0.2, 0.25) is 0 Å². The molecule has 2 aromatic rings. The van der Waals surface area contributed by atoms with Gasteiger partial charge < -0.3 is 0 Å². The van der Waals surface area contributed by atoms with E-state index < -0.39 is 12.0 Å². The fourth-order valence-corrected chi connectivity index (χ4v) is 3.10. The van der Waals surface area contributed by atoms with Crippen LogP contribution >= 0.6 is 0 Å². The number of unbranched alkanes of at least 4 members (excludes halogenated alkanes) is 1. The molecule has 1 aromatic heterocycles. The summed E-state index contributed by atoms with van der Waals surface area (Å²) in [5.74, 6) is -0.666. The number of allylic oxidation sites excluding steroid dienone is 2. The van der Waals surface area contributed by atoms with Gasteiger partial charge in [-0.05, 0) is 37.3 Å². The molecule has 26 heavy (non-hydrogen) atoms. The van der Waals surface area contributed by atoms with Crippen LogP contribution in [0.4, 0.5) is 13.2 Å². The maximum Gasteiger partial charge on any atom is 0.453 e. The van der Waals surface area contributed by atoms with Gasteiger partial charge in [0.05, 0.1) is 13.1 Å². The van der Waals surface area contributed by atoms with Crippen molar-refractivity contribution in [2.75, 3.05) is 6.54 Å². The van der Waals surface area contributed by atoms with Crippen LogP contribution in [0.3, 0.4) is 0 Å². The maximum absolute atomic E-state index is 12.7. The largest absolute Gasteiger partial charge is 0.453 e. The molecule has 1 aromatic carbocycles. The van der Waals surface area contributed by atoms with E-state index >= 15 is 0 Å². The Morgan fingerprint density at radius 2 is 1.85 bits per heavy atom. The fourth-order valence-electron chi connectivity index (χ4n) is 3.10. The van der Waals surface area contributed by atoms with Crippen molar-refractivity contribution in [1.82, 2.24) is 19.7 Å². The number of aryl methyl sites for hydroxylation is 1. The van der Waals surface area contributed by atoms with Crippen LogP contribution in [0.5, 0.6) is 0 Å². The van der Waals surface area contributed by atoms with Crippen LogP contribution in [-0.4, -0.2) is 26.2 Å². The number of halogens is 3. The van der Waals surface area contributed by atoms with Crippen LogP contribution < -0.4 is 0 Å². The number of hydrogen-bond donors (Lipinski definition) is 0. The molecule has 0 unspecified atom stereocenters. The second-order valence-electron chi connectivity index (χ2n) is 6.56. The Balaban J connectivity index is 1.56. The molecule has 0 bridgehead atoms. The van der Waals surface area contributed by atoms with E-state index in [0.29, 0.717) is 32.0 Å². The number of nitrogens with zero attached hydrogens (tertiary/aromatic N) is 4. The molecule has 0 fully saturated rings. The first-order valence-corrected chi connectivity index (χ1v) is 8.88. The first-order chi connectivity index (χ1) is 12.5. The molecule has 4 nitrogen and oxygen atoms in total. The third kappa shape index (κ3) is 4.72. The second-order valence-corrected chi connectivity index (χ2v) is 6.56. The summed E-state index contributed by atoms with van der Waals surface area (Å²) in [6, 6.07) is 8.48. The molecule has 0 spiro atoms. The summed E-state index contributed by atoms with van der Waals surface area (Å²) >= 11 is 0. The van der Waals surface area contributed by atoms with Gasteiger partial charge in [-0.25, -0.2) is 9.67 Å². The summed E-state index contributed by atoms with van der Waals surface area (Å²) in [7, 11) is 0. The molecule has 0 atom stereocenters. The van der Waals surface area contributed by atoms with Crippen LogP contribution in [0.15, 0.2) is 36.4 Å². The number of hydrogen-bond acceptors (Lipinski definition) is 3. The monoisotopic (exact) mass is 364 g/mol. The molecule has 0 radical (unpaired) electrons. The normalized spacial score (nSPS) is 15.5. The van der Waals surface area contributed by atoms with Crippen LogP contribution in [-0.2, 0) is 32.2 Å². The standard InChI is InChI=1S/C19H23F3N4/c1-2-3-4-5-6-15-7-9-16(10-8-15)13-25-11-12-26-17(14-25)23-18(24-26)19(20,21)22/h2-3,7-10H,4-6,11-14H2,1H3. The van der Waals surface area contributed by atoms with E-state index in [-0.39, 0.29) is 0 Å². The van der Waals surface area contributed by atoms with Gasteiger partial charge in [0.25, 0.3) is 5.82 Å². The third-order valence-corrected chi connectivity index (χ3v) is 4.50. The molecular formula is C19H23F3N4. The predicted molar refractivity (Wildman–Crippen MR) is 93.3 cm³/mol. The van der Waals surface area contributed by atoms with E-state index in [9.17, 15) is 13.2 Å².